The van der Waals surface area contributed by atoms with E-state index in [2.05, 4.69) is 26.6 Å². The minimum atomic E-state index is 0.569. The second-order valence-electron chi connectivity index (χ2n) is 3.40. The number of rotatable bonds is 3. The monoisotopic (exact) mass is 310 g/mol. The molecule has 0 fully saturated rings. The second-order valence-corrected chi connectivity index (χ2v) is 4.72. The van der Waals surface area contributed by atoms with E-state index in [-0.39, 0.29) is 0 Å². The van der Waals surface area contributed by atoms with Crippen LogP contribution in [0.5, 0.6) is 0 Å². The molecule has 0 spiro atoms. The molecule has 0 unspecified atom stereocenters. The Morgan fingerprint density at radius 1 is 1.29 bits per heavy atom. The van der Waals surface area contributed by atoms with Gasteiger partial charge >= 0.3 is 0 Å². The van der Waals surface area contributed by atoms with Gasteiger partial charge in [0.25, 0.3) is 0 Å². The number of anilines is 1. The first-order valence-corrected chi connectivity index (χ1v) is 6.27. The van der Waals surface area contributed by atoms with Gasteiger partial charge in [0.1, 0.15) is 5.76 Å². The van der Waals surface area contributed by atoms with E-state index in [1.54, 1.807) is 6.26 Å². The maximum atomic E-state index is 5.20. The summed E-state index contributed by atoms with van der Waals surface area (Å²) in [6, 6.07) is 11.6. The number of benzene rings is 1. The molecular weight excluding hydrogens is 300 g/mol. The van der Waals surface area contributed by atoms with Crippen LogP contribution in [0.15, 0.2) is 51.6 Å². The van der Waals surface area contributed by atoms with Crippen molar-refractivity contribution in [2.75, 3.05) is 5.32 Å². The van der Waals surface area contributed by atoms with Crippen LogP contribution in [0.4, 0.5) is 5.69 Å². The number of hydrogen-bond donors (Lipinski definition) is 2. The molecule has 2 aromatic rings. The Morgan fingerprint density at radius 2 is 2.18 bits per heavy atom. The lowest BCUT2D eigenvalue weighted by molar-refractivity contribution is 0.503. The minimum absolute atomic E-state index is 0.569. The van der Waals surface area contributed by atoms with Crippen LogP contribution in [0.1, 0.15) is 5.76 Å². The van der Waals surface area contributed by atoms with Crippen LogP contribution in [0.2, 0.25) is 0 Å². The lowest BCUT2D eigenvalue weighted by atomic mass is 10.3. The highest BCUT2D eigenvalue weighted by Gasteiger charge is 1.99. The molecule has 1 aromatic carbocycles. The molecule has 3 nitrogen and oxygen atoms in total. The zero-order valence-electron chi connectivity index (χ0n) is 8.94. The van der Waals surface area contributed by atoms with Crippen LogP contribution < -0.4 is 10.6 Å². The molecule has 0 atom stereocenters. The first-order chi connectivity index (χ1) is 8.24. The fourth-order valence-corrected chi connectivity index (χ4v) is 1.91. The molecule has 0 saturated heterocycles. The lowest BCUT2D eigenvalue weighted by Gasteiger charge is -2.09. The van der Waals surface area contributed by atoms with Crippen LogP contribution in [-0.4, -0.2) is 5.11 Å². The largest absolute Gasteiger partial charge is 0.467 e. The molecule has 0 saturated carbocycles. The van der Waals surface area contributed by atoms with Gasteiger partial charge in [0.05, 0.1) is 12.8 Å². The van der Waals surface area contributed by atoms with Crippen molar-refractivity contribution in [2.45, 2.75) is 6.54 Å². The highest BCUT2D eigenvalue weighted by molar-refractivity contribution is 9.10. The average Bonchev–Trinajstić information content (AvgIpc) is 2.79. The van der Waals surface area contributed by atoms with Gasteiger partial charge in [-0.05, 0) is 42.5 Å². The highest BCUT2D eigenvalue weighted by atomic mass is 79.9. The Hall–Kier alpha value is -1.33. The zero-order valence-corrected chi connectivity index (χ0v) is 11.3. The molecule has 1 aromatic heterocycles. The molecule has 0 bridgehead atoms. The molecule has 2 N–H and O–H groups in total. The smallest absolute Gasteiger partial charge is 0.171 e. The minimum Gasteiger partial charge on any atom is -0.467 e. The summed E-state index contributed by atoms with van der Waals surface area (Å²) >= 11 is 8.58. The van der Waals surface area contributed by atoms with Gasteiger partial charge in [-0.3, -0.25) is 0 Å². The number of halogens is 1. The van der Waals surface area contributed by atoms with Crippen LogP contribution in [-0.2, 0) is 6.54 Å². The van der Waals surface area contributed by atoms with Crippen LogP contribution in [0.3, 0.4) is 0 Å². The predicted molar refractivity (Wildman–Crippen MR) is 75.9 cm³/mol. The third-order valence-corrected chi connectivity index (χ3v) is 2.83. The normalized spacial score (nSPS) is 9.94. The standard InChI is InChI=1S/C12H11BrN2OS/c13-9-3-1-4-10(7-9)15-12(17)14-8-11-5-2-6-16-11/h1-7H,8H2,(H2,14,15,17). The summed E-state index contributed by atoms with van der Waals surface area (Å²) in [4.78, 5) is 0. The Bertz CT molecular complexity index is 499. The highest BCUT2D eigenvalue weighted by Crippen LogP contribution is 2.15. The first-order valence-electron chi connectivity index (χ1n) is 5.07. The van der Waals surface area contributed by atoms with Crippen molar-refractivity contribution in [1.82, 2.24) is 5.32 Å². The van der Waals surface area contributed by atoms with E-state index in [0.717, 1.165) is 15.9 Å². The van der Waals surface area contributed by atoms with E-state index in [0.29, 0.717) is 11.7 Å². The summed E-state index contributed by atoms with van der Waals surface area (Å²) in [6.07, 6.45) is 1.64. The fraction of sp³-hybridized carbons (Fsp3) is 0.0833. The SMILES string of the molecule is S=C(NCc1ccco1)Nc1cccc(Br)c1. The Labute approximate surface area is 113 Å². The second kappa shape index (κ2) is 5.84. The van der Waals surface area contributed by atoms with Crippen molar-refractivity contribution < 1.29 is 4.42 Å². The van der Waals surface area contributed by atoms with Crippen molar-refractivity contribution in [3.63, 3.8) is 0 Å². The van der Waals surface area contributed by atoms with Crippen molar-refractivity contribution in [3.8, 4) is 0 Å². The van der Waals surface area contributed by atoms with E-state index in [4.69, 9.17) is 16.6 Å². The predicted octanol–water partition coefficient (Wildman–Crippen LogP) is 3.53. The van der Waals surface area contributed by atoms with Gasteiger partial charge in [-0.25, -0.2) is 0 Å². The summed E-state index contributed by atoms with van der Waals surface area (Å²) < 4.78 is 6.21. The zero-order chi connectivity index (χ0) is 12.1. The van der Waals surface area contributed by atoms with Crippen molar-refractivity contribution in [3.05, 3.63) is 52.9 Å². The molecule has 0 radical (unpaired) electrons. The quantitative estimate of drug-likeness (QED) is 0.851. The summed E-state index contributed by atoms with van der Waals surface area (Å²) in [5.74, 6) is 0.850. The topological polar surface area (TPSA) is 37.2 Å². The lowest BCUT2D eigenvalue weighted by Crippen LogP contribution is -2.27. The molecule has 0 amide bonds. The number of furan rings is 1. The molecule has 1 heterocycles. The van der Waals surface area contributed by atoms with Crippen LogP contribution in [0, 0.1) is 0 Å². The Morgan fingerprint density at radius 3 is 2.88 bits per heavy atom. The van der Waals surface area contributed by atoms with E-state index < -0.39 is 0 Å². The summed E-state index contributed by atoms with van der Waals surface area (Å²) in [5, 5.41) is 6.73. The van der Waals surface area contributed by atoms with Gasteiger partial charge in [0, 0.05) is 10.2 Å². The molecule has 2 rings (SSSR count). The average molecular weight is 311 g/mol. The molecule has 88 valence electrons. The maximum Gasteiger partial charge on any atom is 0.171 e. The van der Waals surface area contributed by atoms with Gasteiger partial charge in [0.15, 0.2) is 5.11 Å². The van der Waals surface area contributed by atoms with E-state index in [9.17, 15) is 0 Å². The van der Waals surface area contributed by atoms with E-state index in [1.807, 2.05) is 36.4 Å². The van der Waals surface area contributed by atoms with Gasteiger partial charge in [0.2, 0.25) is 0 Å². The molecular formula is C12H11BrN2OS. The van der Waals surface area contributed by atoms with E-state index >= 15 is 0 Å². The molecule has 0 aliphatic rings. The third-order valence-electron chi connectivity index (χ3n) is 2.09. The first kappa shape index (κ1) is 12.1. The Kier molecular flexibility index (Phi) is 4.17. The molecule has 5 heteroatoms. The maximum absolute atomic E-state index is 5.20. The summed E-state index contributed by atoms with van der Waals surface area (Å²) in [6.45, 7) is 0.576. The van der Waals surface area contributed by atoms with E-state index in [1.165, 1.54) is 0 Å². The third kappa shape index (κ3) is 3.87. The van der Waals surface area contributed by atoms with Crippen molar-refractivity contribution in [1.29, 1.82) is 0 Å². The number of hydrogen-bond acceptors (Lipinski definition) is 2. The Balaban J connectivity index is 1.85. The molecule has 17 heavy (non-hydrogen) atoms. The molecule has 0 aliphatic heterocycles. The summed E-state index contributed by atoms with van der Waals surface area (Å²) in [5.41, 5.74) is 0.941. The van der Waals surface area contributed by atoms with Gasteiger partial charge in [-0.2, -0.15) is 0 Å². The van der Waals surface area contributed by atoms with Gasteiger partial charge < -0.3 is 15.1 Å². The van der Waals surface area contributed by atoms with Crippen molar-refractivity contribution >= 4 is 38.9 Å². The van der Waals surface area contributed by atoms with Crippen LogP contribution in [0.25, 0.3) is 0 Å². The molecule has 0 aliphatic carbocycles. The van der Waals surface area contributed by atoms with Crippen molar-refractivity contribution in [2.24, 2.45) is 0 Å². The number of thiocarbonyl (C=S) groups is 1. The van der Waals surface area contributed by atoms with Gasteiger partial charge in [-0.15, -0.1) is 0 Å². The van der Waals surface area contributed by atoms with Gasteiger partial charge in [-0.1, -0.05) is 22.0 Å². The summed E-state index contributed by atoms with van der Waals surface area (Å²) in [7, 11) is 0. The number of nitrogens with one attached hydrogen (secondary N) is 2. The fourth-order valence-electron chi connectivity index (χ4n) is 1.32. The van der Waals surface area contributed by atoms with Crippen LogP contribution >= 0.6 is 28.1 Å².